The SMILES string of the molecule is C=C(C)C(=O)NCCC[N+](CC)(CC)CCCS(=O)(=O)[O-]. The maximum absolute atomic E-state index is 11.4. The molecule has 21 heavy (non-hydrogen) atoms. The summed E-state index contributed by atoms with van der Waals surface area (Å²) in [5.74, 6) is -0.446. The zero-order valence-electron chi connectivity index (χ0n) is 13.4. The van der Waals surface area contributed by atoms with Crippen molar-refractivity contribution in [1.29, 1.82) is 0 Å². The number of nitrogens with one attached hydrogen (secondary N) is 1. The van der Waals surface area contributed by atoms with Crippen LogP contribution in [0, 0.1) is 0 Å². The van der Waals surface area contributed by atoms with Gasteiger partial charge in [-0.1, -0.05) is 6.58 Å². The van der Waals surface area contributed by atoms with E-state index in [9.17, 15) is 17.8 Å². The fourth-order valence-corrected chi connectivity index (χ4v) is 2.79. The molecular weight excluding hydrogens is 292 g/mol. The summed E-state index contributed by atoms with van der Waals surface area (Å²) in [6.07, 6.45) is 1.19. The minimum Gasteiger partial charge on any atom is -0.748 e. The Morgan fingerprint density at radius 2 is 1.71 bits per heavy atom. The Bertz CT molecular complexity index is 442. The number of carbonyl (C=O) groups excluding carboxylic acids is 1. The van der Waals surface area contributed by atoms with Crippen LogP contribution in [0.2, 0.25) is 0 Å². The van der Waals surface area contributed by atoms with Crippen LogP contribution in [0.4, 0.5) is 0 Å². The van der Waals surface area contributed by atoms with Crippen LogP contribution in [0.5, 0.6) is 0 Å². The van der Waals surface area contributed by atoms with Gasteiger partial charge in [0.15, 0.2) is 0 Å². The number of quaternary nitrogens is 1. The van der Waals surface area contributed by atoms with Gasteiger partial charge in [-0.25, -0.2) is 8.42 Å². The van der Waals surface area contributed by atoms with Crippen molar-refractivity contribution in [3.63, 3.8) is 0 Å². The molecule has 0 unspecified atom stereocenters. The van der Waals surface area contributed by atoms with Gasteiger partial charge in [0.1, 0.15) is 0 Å². The molecule has 0 saturated carbocycles. The maximum Gasteiger partial charge on any atom is 0.246 e. The summed E-state index contributed by atoms with van der Waals surface area (Å²) in [6.45, 7) is 13.2. The van der Waals surface area contributed by atoms with Crippen molar-refractivity contribution in [3.8, 4) is 0 Å². The van der Waals surface area contributed by atoms with E-state index in [1.165, 1.54) is 0 Å². The molecule has 0 saturated heterocycles. The van der Waals surface area contributed by atoms with Crippen LogP contribution in [0.1, 0.15) is 33.6 Å². The van der Waals surface area contributed by atoms with Crippen molar-refractivity contribution in [1.82, 2.24) is 5.32 Å². The fraction of sp³-hybridized carbons (Fsp3) is 0.786. The molecule has 1 amide bonds. The van der Waals surface area contributed by atoms with Gasteiger partial charge in [-0.3, -0.25) is 4.79 Å². The Morgan fingerprint density at radius 1 is 1.19 bits per heavy atom. The number of nitrogens with zero attached hydrogens (tertiary/aromatic N) is 1. The predicted octanol–water partition coefficient (Wildman–Crippen LogP) is 0.861. The van der Waals surface area contributed by atoms with Crippen molar-refractivity contribution < 1.29 is 22.2 Å². The van der Waals surface area contributed by atoms with E-state index in [1.54, 1.807) is 6.92 Å². The third kappa shape index (κ3) is 8.85. The van der Waals surface area contributed by atoms with Crippen LogP contribution >= 0.6 is 0 Å². The molecule has 0 atom stereocenters. The lowest BCUT2D eigenvalue weighted by Gasteiger charge is -2.37. The second-order valence-corrected chi connectivity index (χ2v) is 6.95. The third-order valence-electron chi connectivity index (χ3n) is 3.85. The maximum atomic E-state index is 11.4. The van der Waals surface area contributed by atoms with Crippen molar-refractivity contribution in [2.45, 2.75) is 33.6 Å². The molecule has 0 rings (SSSR count). The number of rotatable bonds is 11. The minimum atomic E-state index is -4.14. The predicted molar refractivity (Wildman–Crippen MR) is 82.7 cm³/mol. The van der Waals surface area contributed by atoms with E-state index in [0.29, 0.717) is 25.1 Å². The molecule has 0 aromatic heterocycles. The van der Waals surface area contributed by atoms with Crippen molar-refractivity contribution in [3.05, 3.63) is 12.2 Å². The van der Waals surface area contributed by atoms with Crippen LogP contribution in [-0.4, -0.2) is 61.8 Å². The van der Waals surface area contributed by atoms with Gasteiger partial charge in [0.05, 0.1) is 36.3 Å². The fourth-order valence-electron chi connectivity index (χ4n) is 2.31. The summed E-state index contributed by atoms with van der Waals surface area (Å²) in [4.78, 5) is 11.4. The number of hydrogen-bond acceptors (Lipinski definition) is 4. The van der Waals surface area contributed by atoms with E-state index in [1.807, 2.05) is 0 Å². The largest absolute Gasteiger partial charge is 0.748 e. The van der Waals surface area contributed by atoms with Gasteiger partial charge in [0.25, 0.3) is 0 Å². The summed E-state index contributed by atoms with van der Waals surface area (Å²) in [5.41, 5.74) is 0.488. The number of carbonyl (C=O) groups is 1. The topological polar surface area (TPSA) is 86.3 Å². The molecule has 7 heteroatoms. The Morgan fingerprint density at radius 3 is 2.14 bits per heavy atom. The van der Waals surface area contributed by atoms with Gasteiger partial charge in [0.2, 0.25) is 5.91 Å². The Kier molecular flexibility index (Phi) is 8.77. The first-order valence-electron chi connectivity index (χ1n) is 7.38. The lowest BCUT2D eigenvalue weighted by Crippen LogP contribution is -2.50. The first-order valence-corrected chi connectivity index (χ1v) is 8.96. The van der Waals surface area contributed by atoms with Gasteiger partial charge >= 0.3 is 0 Å². The summed E-state index contributed by atoms with van der Waals surface area (Å²) >= 11 is 0. The zero-order chi connectivity index (χ0) is 16.5. The molecule has 0 aromatic carbocycles. The summed E-state index contributed by atoms with van der Waals surface area (Å²) in [6, 6.07) is 0. The monoisotopic (exact) mass is 320 g/mol. The average molecular weight is 320 g/mol. The molecule has 0 aliphatic carbocycles. The lowest BCUT2D eigenvalue weighted by molar-refractivity contribution is -0.925. The summed E-state index contributed by atoms with van der Waals surface area (Å²) in [5, 5.41) is 2.79. The molecular formula is C14H28N2O4S. The van der Waals surface area contributed by atoms with Gasteiger partial charge < -0.3 is 14.4 Å². The van der Waals surface area contributed by atoms with E-state index in [4.69, 9.17) is 0 Å². The lowest BCUT2D eigenvalue weighted by atomic mass is 10.2. The quantitative estimate of drug-likeness (QED) is 0.265. The summed E-state index contributed by atoms with van der Waals surface area (Å²) in [7, 11) is -4.14. The van der Waals surface area contributed by atoms with Crippen LogP contribution in [0.25, 0.3) is 0 Å². The van der Waals surface area contributed by atoms with Crippen molar-refractivity contribution in [2.24, 2.45) is 0 Å². The zero-order valence-corrected chi connectivity index (χ0v) is 14.2. The number of amides is 1. The molecule has 0 bridgehead atoms. The summed E-state index contributed by atoms with van der Waals surface area (Å²) < 4.78 is 32.8. The van der Waals surface area contributed by atoms with Gasteiger partial charge in [0, 0.05) is 30.7 Å². The molecule has 124 valence electrons. The van der Waals surface area contributed by atoms with E-state index in [-0.39, 0.29) is 11.7 Å². The second kappa shape index (κ2) is 9.17. The van der Waals surface area contributed by atoms with Crippen molar-refractivity contribution in [2.75, 3.05) is 38.5 Å². The van der Waals surface area contributed by atoms with Crippen molar-refractivity contribution >= 4 is 16.0 Å². The van der Waals surface area contributed by atoms with E-state index in [2.05, 4.69) is 25.7 Å². The highest BCUT2D eigenvalue weighted by atomic mass is 32.2. The molecule has 0 aromatic rings. The first-order chi connectivity index (χ1) is 9.66. The highest BCUT2D eigenvalue weighted by Gasteiger charge is 2.22. The van der Waals surface area contributed by atoms with E-state index >= 15 is 0 Å². The van der Waals surface area contributed by atoms with Crippen LogP contribution < -0.4 is 5.32 Å². The normalized spacial score (nSPS) is 12.2. The molecule has 0 aliphatic rings. The van der Waals surface area contributed by atoms with Gasteiger partial charge in [-0.15, -0.1) is 0 Å². The molecule has 0 radical (unpaired) electrons. The Hall–Kier alpha value is -0.920. The molecule has 0 aliphatic heterocycles. The molecule has 0 heterocycles. The molecule has 0 fully saturated rings. The van der Waals surface area contributed by atoms with Crippen LogP contribution in [0.3, 0.4) is 0 Å². The average Bonchev–Trinajstić information content (AvgIpc) is 2.40. The first kappa shape index (κ1) is 20.1. The van der Waals surface area contributed by atoms with Crippen LogP contribution in [-0.2, 0) is 14.9 Å². The van der Waals surface area contributed by atoms with Crippen LogP contribution in [0.15, 0.2) is 12.2 Å². The second-order valence-electron chi connectivity index (χ2n) is 5.43. The molecule has 1 N–H and O–H groups in total. The Balaban J connectivity index is 4.27. The van der Waals surface area contributed by atoms with Gasteiger partial charge in [-0.2, -0.15) is 0 Å². The highest BCUT2D eigenvalue weighted by molar-refractivity contribution is 7.85. The third-order valence-corrected chi connectivity index (χ3v) is 4.64. The smallest absolute Gasteiger partial charge is 0.246 e. The number of hydrogen-bond donors (Lipinski definition) is 1. The van der Waals surface area contributed by atoms with Gasteiger partial charge in [-0.05, 0) is 20.8 Å². The molecule has 6 nitrogen and oxygen atoms in total. The Labute approximate surface area is 128 Å². The van der Waals surface area contributed by atoms with E-state index < -0.39 is 10.1 Å². The highest BCUT2D eigenvalue weighted by Crippen LogP contribution is 2.10. The standard InChI is InChI=1S/C14H28N2O4S/c1-5-16(6-2,11-8-12-21(18,19)20)10-7-9-15-14(17)13(3)4/h3,5-12H2,1-2,4H3,(H-,15,17,18,19,20). The molecule has 0 spiro atoms. The minimum absolute atomic E-state index is 0.140. The van der Waals surface area contributed by atoms with E-state index in [0.717, 1.165) is 30.5 Å².